The van der Waals surface area contributed by atoms with Crippen molar-refractivity contribution in [3.8, 4) is 0 Å². The Hall–Kier alpha value is -1.10. The highest BCUT2D eigenvalue weighted by molar-refractivity contribution is 5.90. The van der Waals surface area contributed by atoms with Crippen LogP contribution in [0, 0.1) is 0 Å². The minimum absolute atomic E-state index is 0.122. The Kier molecular flexibility index (Phi) is 5.14. The van der Waals surface area contributed by atoms with Crippen LogP contribution in [0.1, 0.15) is 40.0 Å². The molecule has 0 aliphatic carbocycles. The molecular formula is C13H23NO4. The van der Waals surface area contributed by atoms with Crippen LogP contribution in [0.15, 0.2) is 0 Å². The summed E-state index contributed by atoms with van der Waals surface area (Å²) in [5.41, 5.74) is -0.852. The third-order valence-electron chi connectivity index (χ3n) is 3.65. The molecule has 0 aromatic rings. The Morgan fingerprint density at radius 2 is 2.06 bits per heavy atom. The molecule has 18 heavy (non-hydrogen) atoms. The number of carbonyl (C=O) groups excluding carboxylic acids is 2. The second-order valence-electron chi connectivity index (χ2n) is 4.70. The molecule has 0 spiro atoms. The van der Waals surface area contributed by atoms with Crippen molar-refractivity contribution in [1.82, 2.24) is 4.90 Å². The summed E-state index contributed by atoms with van der Waals surface area (Å²) in [5, 5.41) is 0. The van der Waals surface area contributed by atoms with Gasteiger partial charge >= 0.3 is 5.97 Å². The third-order valence-corrected chi connectivity index (χ3v) is 3.65. The highest BCUT2D eigenvalue weighted by atomic mass is 16.5. The van der Waals surface area contributed by atoms with Crippen LogP contribution < -0.4 is 0 Å². The molecule has 5 heteroatoms. The first kappa shape index (κ1) is 15.0. The molecule has 1 heterocycles. The fraction of sp³-hybridized carbons (Fsp3) is 0.846. The largest absolute Gasteiger partial charge is 0.464 e. The summed E-state index contributed by atoms with van der Waals surface area (Å²) >= 11 is 0. The van der Waals surface area contributed by atoms with Gasteiger partial charge in [-0.1, -0.05) is 6.92 Å². The summed E-state index contributed by atoms with van der Waals surface area (Å²) in [5.74, 6) is -0.430. The third kappa shape index (κ3) is 2.83. The van der Waals surface area contributed by atoms with Crippen LogP contribution in [0.4, 0.5) is 0 Å². The summed E-state index contributed by atoms with van der Waals surface area (Å²) in [7, 11) is 1.52. The molecule has 0 bridgehead atoms. The van der Waals surface area contributed by atoms with Crippen LogP contribution >= 0.6 is 0 Å². The van der Waals surface area contributed by atoms with E-state index < -0.39 is 11.6 Å². The molecule has 0 aromatic carbocycles. The first-order valence-corrected chi connectivity index (χ1v) is 6.53. The van der Waals surface area contributed by atoms with Gasteiger partial charge in [-0.05, 0) is 33.1 Å². The van der Waals surface area contributed by atoms with Crippen LogP contribution in [0.2, 0.25) is 0 Å². The standard InChI is InChI=1S/C13H23NO4/c1-5-13(3,17-4)12(16)14-9-7-8-10(14)11(15)18-6-2/h10H,5-9H2,1-4H3. The van der Waals surface area contributed by atoms with Crippen LogP contribution in [0.25, 0.3) is 0 Å². The normalized spacial score (nSPS) is 22.7. The molecule has 2 atom stereocenters. The molecule has 104 valence electrons. The number of ether oxygens (including phenoxy) is 2. The van der Waals surface area contributed by atoms with Crippen LogP contribution in [0.5, 0.6) is 0 Å². The lowest BCUT2D eigenvalue weighted by molar-refractivity contribution is -0.162. The smallest absolute Gasteiger partial charge is 0.328 e. The Labute approximate surface area is 108 Å². The summed E-state index contributed by atoms with van der Waals surface area (Å²) in [6.07, 6.45) is 2.08. The fourth-order valence-electron chi connectivity index (χ4n) is 2.18. The molecular weight excluding hydrogens is 234 g/mol. The van der Waals surface area contributed by atoms with Crippen molar-refractivity contribution in [3.05, 3.63) is 0 Å². The minimum Gasteiger partial charge on any atom is -0.464 e. The number of hydrogen-bond acceptors (Lipinski definition) is 4. The number of carbonyl (C=O) groups is 2. The van der Waals surface area contributed by atoms with Crippen molar-refractivity contribution in [3.63, 3.8) is 0 Å². The van der Waals surface area contributed by atoms with Gasteiger partial charge in [0.2, 0.25) is 0 Å². The first-order chi connectivity index (χ1) is 8.50. The topological polar surface area (TPSA) is 55.8 Å². The zero-order chi connectivity index (χ0) is 13.8. The molecule has 1 aliphatic heterocycles. The van der Waals surface area contributed by atoms with Crippen LogP contribution in [-0.2, 0) is 19.1 Å². The predicted molar refractivity (Wildman–Crippen MR) is 67.1 cm³/mol. The van der Waals surface area contributed by atoms with E-state index >= 15 is 0 Å². The van der Waals surface area contributed by atoms with Crippen molar-refractivity contribution in [1.29, 1.82) is 0 Å². The van der Waals surface area contributed by atoms with Gasteiger partial charge in [-0.2, -0.15) is 0 Å². The molecule has 1 aliphatic rings. The zero-order valence-electron chi connectivity index (χ0n) is 11.7. The van der Waals surface area contributed by atoms with Gasteiger partial charge in [0.15, 0.2) is 0 Å². The SMILES string of the molecule is CCOC(=O)C1CCCN1C(=O)C(C)(CC)OC. The quantitative estimate of drug-likeness (QED) is 0.698. The molecule has 1 saturated heterocycles. The van der Waals surface area contributed by atoms with E-state index in [-0.39, 0.29) is 11.9 Å². The number of nitrogens with zero attached hydrogens (tertiary/aromatic N) is 1. The molecule has 1 amide bonds. The van der Waals surface area contributed by atoms with Crippen molar-refractivity contribution in [2.45, 2.75) is 51.7 Å². The van der Waals surface area contributed by atoms with E-state index in [0.29, 0.717) is 26.0 Å². The molecule has 0 saturated carbocycles. The molecule has 1 rings (SSSR count). The van der Waals surface area contributed by atoms with E-state index in [1.165, 1.54) is 7.11 Å². The average molecular weight is 257 g/mol. The fourth-order valence-corrected chi connectivity index (χ4v) is 2.18. The molecule has 0 N–H and O–H groups in total. The number of hydrogen-bond donors (Lipinski definition) is 0. The van der Waals surface area contributed by atoms with Gasteiger partial charge in [-0.15, -0.1) is 0 Å². The van der Waals surface area contributed by atoms with E-state index in [0.717, 1.165) is 6.42 Å². The second-order valence-corrected chi connectivity index (χ2v) is 4.70. The van der Waals surface area contributed by atoms with Crippen LogP contribution in [0.3, 0.4) is 0 Å². The molecule has 1 fully saturated rings. The van der Waals surface area contributed by atoms with Crippen molar-refractivity contribution in [2.24, 2.45) is 0 Å². The van der Waals surface area contributed by atoms with Gasteiger partial charge in [-0.25, -0.2) is 4.79 Å². The maximum atomic E-state index is 12.4. The van der Waals surface area contributed by atoms with E-state index in [1.807, 2.05) is 6.92 Å². The van der Waals surface area contributed by atoms with Gasteiger partial charge in [0.1, 0.15) is 11.6 Å². The van der Waals surface area contributed by atoms with E-state index in [9.17, 15) is 9.59 Å². The number of likely N-dealkylation sites (tertiary alicyclic amines) is 1. The highest BCUT2D eigenvalue weighted by Gasteiger charge is 2.42. The molecule has 2 unspecified atom stereocenters. The Morgan fingerprint density at radius 3 is 2.56 bits per heavy atom. The Balaban J connectivity index is 2.81. The maximum Gasteiger partial charge on any atom is 0.328 e. The number of methoxy groups -OCH3 is 1. The van der Waals surface area contributed by atoms with Gasteiger partial charge in [0.05, 0.1) is 6.61 Å². The average Bonchev–Trinajstić information content (AvgIpc) is 2.86. The van der Waals surface area contributed by atoms with Crippen LogP contribution in [-0.4, -0.2) is 48.7 Å². The molecule has 0 radical (unpaired) electrons. The zero-order valence-corrected chi connectivity index (χ0v) is 11.7. The van der Waals surface area contributed by atoms with Gasteiger partial charge in [0.25, 0.3) is 5.91 Å². The number of esters is 1. The monoisotopic (exact) mass is 257 g/mol. The lowest BCUT2D eigenvalue weighted by Gasteiger charge is -2.33. The van der Waals surface area contributed by atoms with Crippen molar-refractivity contribution in [2.75, 3.05) is 20.3 Å². The lowest BCUT2D eigenvalue weighted by atomic mass is 10.0. The maximum absolute atomic E-state index is 12.4. The molecule has 5 nitrogen and oxygen atoms in total. The van der Waals surface area contributed by atoms with E-state index in [4.69, 9.17) is 9.47 Å². The summed E-state index contributed by atoms with van der Waals surface area (Å²) in [6, 6.07) is -0.446. The predicted octanol–water partition coefficient (Wildman–Crippen LogP) is 1.36. The van der Waals surface area contributed by atoms with E-state index in [2.05, 4.69) is 0 Å². The number of rotatable bonds is 5. The lowest BCUT2D eigenvalue weighted by Crippen LogP contribution is -2.52. The van der Waals surface area contributed by atoms with Gasteiger partial charge in [-0.3, -0.25) is 4.79 Å². The van der Waals surface area contributed by atoms with Crippen molar-refractivity contribution < 1.29 is 19.1 Å². The summed E-state index contributed by atoms with van der Waals surface area (Å²) in [4.78, 5) is 25.9. The van der Waals surface area contributed by atoms with Gasteiger partial charge < -0.3 is 14.4 Å². The summed E-state index contributed by atoms with van der Waals surface area (Å²) < 4.78 is 10.3. The second kappa shape index (κ2) is 6.18. The minimum atomic E-state index is -0.852. The molecule has 0 aromatic heterocycles. The Morgan fingerprint density at radius 1 is 1.39 bits per heavy atom. The summed E-state index contributed by atoms with van der Waals surface area (Å²) in [6.45, 7) is 6.37. The Bertz CT molecular complexity index is 312. The number of amides is 1. The van der Waals surface area contributed by atoms with Gasteiger partial charge in [0, 0.05) is 13.7 Å². The van der Waals surface area contributed by atoms with E-state index in [1.54, 1.807) is 18.7 Å². The first-order valence-electron chi connectivity index (χ1n) is 6.53. The van der Waals surface area contributed by atoms with Crippen molar-refractivity contribution >= 4 is 11.9 Å². The highest BCUT2D eigenvalue weighted by Crippen LogP contribution is 2.25.